The number of aryl methyl sites for hydroxylation is 1. The van der Waals surface area contributed by atoms with Gasteiger partial charge in [-0.3, -0.25) is 9.88 Å². The van der Waals surface area contributed by atoms with Gasteiger partial charge in [-0.1, -0.05) is 31.5 Å². The van der Waals surface area contributed by atoms with Crippen LogP contribution in [0, 0.1) is 18.8 Å². The van der Waals surface area contributed by atoms with E-state index in [-0.39, 0.29) is 6.10 Å². The van der Waals surface area contributed by atoms with Crippen molar-refractivity contribution in [3.05, 3.63) is 71.9 Å². The molecule has 0 aliphatic carbocycles. The summed E-state index contributed by atoms with van der Waals surface area (Å²) in [6.45, 7) is 6.76. The minimum atomic E-state index is -0.138. The number of aromatic nitrogens is 2. The van der Waals surface area contributed by atoms with Crippen molar-refractivity contribution in [3.63, 3.8) is 0 Å². The lowest BCUT2D eigenvalue weighted by Gasteiger charge is -2.51. The first-order valence-corrected chi connectivity index (χ1v) is 12.8. The molecule has 0 radical (unpaired) electrons. The Labute approximate surface area is 207 Å². The molecule has 5 heteroatoms. The van der Waals surface area contributed by atoms with E-state index in [1.165, 1.54) is 23.8 Å². The Morgan fingerprint density at radius 3 is 2.74 bits per heavy atom. The van der Waals surface area contributed by atoms with Crippen molar-refractivity contribution in [3.8, 4) is 11.6 Å². The summed E-state index contributed by atoms with van der Waals surface area (Å²) in [5.41, 5.74) is 4.27. The standard InChI is InChI=1S/C30H33N3O2/c1-4-20-18-33-14-12-21(20)16-28(33)30(24-11-13-31-26-10-9-22(34-3)17-25(24)26)35-29-15-19(2)23-7-5-6-8-27(23)32-29/h5-11,13,15,17,20-21,28,30H,4,12,14,16,18H2,1-3H3/t20?,21-,28+,30-/m0/s1. The largest absolute Gasteiger partial charge is 0.497 e. The molecule has 35 heavy (non-hydrogen) atoms. The molecule has 0 amide bonds. The molecule has 0 saturated carbocycles. The number of para-hydroxylation sites is 1. The predicted molar refractivity (Wildman–Crippen MR) is 140 cm³/mol. The van der Waals surface area contributed by atoms with Gasteiger partial charge in [-0.05, 0) is 74.0 Å². The number of fused-ring (bicyclic) bond motifs is 5. The smallest absolute Gasteiger partial charge is 0.214 e. The molecule has 2 aromatic heterocycles. The lowest BCUT2D eigenvalue weighted by atomic mass is 9.72. The molecule has 5 nitrogen and oxygen atoms in total. The Kier molecular flexibility index (Phi) is 5.81. The first-order valence-electron chi connectivity index (χ1n) is 12.8. The highest BCUT2D eigenvalue weighted by molar-refractivity contribution is 5.84. The second kappa shape index (κ2) is 9.12. The molecule has 5 atom stereocenters. The Bertz CT molecular complexity index is 1370. The molecule has 2 unspecified atom stereocenters. The zero-order valence-electron chi connectivity index (χ0n) is 20.8. The van der Waals surface area contributed by atoms with E-state index < -0.39 is 0 Å². The second-order valence-electron chi connectivity index (χ2n) is 10.1. The molecular formula is C30H33N3O2. The molecule has 3 aliphatic rings. The fourth-order valence-electron chi connectivity index (χ4n) is 6.34. The number of benzene rings is 2. The maximum atomic E-state index is 6.91. The van der Waals surface area contributed by atoms with E-state index in [2.05, 4.69) is 60.1 Å². The SMILES string of the molecule is CCC1CN2CC[C@H]1C[C@@H]2[C@@H](Oc1cc(C)c2ccccc2n1)c1ccnc2ccc(OC)cc12. The van der Waals surface area contributed by atoms with Crippen molar-refractivity contribution in [2.45, 2.75) is 45.3 Å². The van der Waals surface area contributed by atoms with Crippen LogP contribution in [-0.2, 0) is 0 Å². The van der Waals surface area contributed by atoms with Gasteiger partial charge in [0.1, 0.15) is 11.9 Å². The van der Waals surface area contributed by atoms with Gasteiger partial charge in [0.15, 0.2) is 0 Å². The number of methoxy groups -OCH3 is 1. The molecular weight excluding hydrogens is 434 g/mol. The van der Waals surface area contributed by atoms with Crippen LogP contribution in [-0.4, -0.2) is 41.1 Å². The quantitative estimate of drug-likeness (QED) is 0.331. The molecule has 4 aromatic rings. The van der Waals surface area contributed by atoms with Crippen molar-refractivity contribution in [1.82, 2.24) is 14.9 Å². The van der Waals surface area contributed by atoms with Crippen LogP contribution in [0.25, 0.3) is 21.8 Å². The van der Waals surface area contributed by atoms with Gasteiger partial charge in [-0.2, -0.15) is 0 Å². The molecule has 2 bridgehead atoms. The van der Waals surface area contributed by atoms with Crippen molar-refractivity contribution in [1.29, 1.82) is 0 Å². The first-order chi connectivity index (χ1) is 17.1. The maximum Gasteiger partial charge on any atom is 0.214 e. The Hall–Kier alpha value is -3.18. The predicted octanol–water partition coefficient (Wildman–Crippen LogP) is 6.34. The van der Waals surface area contributed by atoms with Crippen LogP contribution in [0.1, 0.15) is 43.4 Å². The molecule has 3 fully saturated rings. The highest BCUT2D eigenvalue weighted by atomic mass is 16.5. The topological polar surface area (TPSA) is 47.5 Å². The third-order valence-electron chi connectivity index (χ3n) is 8.25. The van der Waals surface area contributed by atoms with Gasteiger partial charge in [0.2, 0.25) is 5.88 Å². The maximum absolute atomic E-state index is 6.91. The number of piperidine rings is 3. The molecule has 0 N–H and O–H groups in total. The summed E-state index contributed by atoms with van der Waals surface area (Å²) in [4.78, 5) is 12.2. The van der Waals surface area contributed by atoms with E-state index in [4.69, 9.17) is 14.5 Å². The van der Waals surface area contributed by atoms with Crippen LogP contribution < -0.4 is 9.47 Å². The fourth-order valence-corrected chi connectivity index (χ4v) is 6.34. The first kappa shape index (κ1) is 22.3. The molecule has 3 aliphatic heterocycles. The third kappa shape index (κ3) is 4.02. The minimum absolute atomic E-state index is 0.138. The highest BCUT2D eigenvalue weighted by Crippen LogP contribution is 2.44. The van der Waals surface area contributed by atoms with E-state index in [1.54, 1.807) is 7.11 Å². The number of pyridine rings is 2. The van der Waals surface area contributed by atoms with Crippen molar-refractivity contribution >= 4 is 21.8 Å². The Morgan fingerprint density at radius 2 is 1.94 bits per heavy atom. The van der Waals surface area contributed by atoms with Gasteiger partial charge in [0.25, 0.3) is 0 Å². The summed E-state index contributed by atoms with van der Waals surface area (Å²) in [5, 5.41) is 2.26. The molecule has 3 saturated heterocycles. The Morgan fingerprint density at radius 1 is 1.06 bits per heavy atom. The molecule has 180 valence electrons. The number of nitrogens with zero attached hydrogens (tertiary/aromatic N) is 3. The highest BCUT2D eigenvalue weighted by Gasteiger charge is 2.44. The number of hydrogen-bond donors (Lipinski definition) is 0. The van der Waals surface area contributed by atoms with Gasteiger partial charge < -0.3 is 9.47 Å². The lowest BCUT2D eigenvalue weighted by molar-refractivity contribution is -0.0492. The number of hydrogen-bond acceptors (Lipinski definition) is 5. The number of ether oxygens (including phenoxy) is 2. The third-order valence-corrected chi connectivity index (χ3v) is 8.25. The summed E-state index contributed by atoms with van der Waals surface area (Å²) >= 11 is 0. The van der Waals surface area contributed by atoms with Gasteiger partial charge >= 0.3 is 0 Å². The van der Waals surface area contributed by atoms with Crippen molar-refractivity contribution in [2.24, 2.45) is 11.8 Å². The average Bonchev–Trinajstić information content (AvgIpc) is 2.91. The van der Waals surface area contributed by atoms with E-state index in [0.29, 0.717) is 11.9 Å². The second-order valence-corrected chi connectivity index (χ2v) is 10.1. The van der Waals surface area contributed by atoms with E-state index in [0.717, 1.165) is 59.1 Å². The zero-order valence-corrected chi connectivity index (χ0v) is 20.8. The molecule has 0 spiro atoms. The monoisotopic (exact) mass is 467 g/mol. The van der Waals surface area contributed by atoms with E-state index in [1.807, 2.05) is 24.4 Å². The molecule has 2 aromatic carbocycles. The summed E-state index contributed by atoms with van der Waals surface area (Å²) in [6.07, 6.45) is 5.47. The van der Waals surface area contributed by atoms with Gasteiger partial charge in [-0.25, -0.2) is 4.98 Å². The van der Waals surface area contributed by atoms with Crippen LogP contribution in [0.2, 0.25) is 0 Å². The lowest BCUT2D eigenvalue weighted by Crippen LogP contribution is -2.56. The molecule has 7 rings (SSSR count). The summed E-state index contributed by atoms with van der Waals surface area (Å²) in [6, 6.07) is 18.9. The van der Waals surface area contributed by atoms with Crippen molar-refractivity contribution < 1.29 is 9.47 Å². The zero-order chi connectivity index (χ0) is 23.9. The number of rotatable bonds is 6. The normalized spacial score (nSPS) is 24.5. The summed E-state index contributed by atoms with van der Waals surface area (Å²) < 4.78 is 12.5. The van der Waals surface area contributed by atoms with Crippen LogP contribution in [0.5, 0.6) is 11.6 Å². The van der Waals surface area contributed by atoms with Gasteiger partial charge in [0, 0.05) is 35.1 Å². The van der Waals surface area contributed by atoms with E-state index >= 15 is 0 Å². The van der Waals surface area contributed by atoms with Crippen LogP contribution >= 0.6 is 0 Å². The summed E-state index contributed by atoms with van der Waals surface area (Å²) in [5.74, 6) is 3.07. The fraction of sp³-hybridized carbons (Fsp3) is 0.400. The van der Waals surface area contributed by atoms with E-state index in [9.17, 15) is 0 Å². The van der Waals surface area contributed by atoms with Crippen LogP contribution in [0.15, 0.2) is 60.8 Å². The van der Waals surface area contributed by atoms with Gasteiger partial charge in [0.05, 0.1) is 24.2 Å². The van der Waals surface area contributed by atoms with Crippen LogP contribution in [0.3, 0.4) is 0 Å². The average molecular weight is 468 g/mol. The summed E-state index contributed by atoms with van der Waals surface area (Å²) in [7, 11) is 1.71. The Balaban J connectivity index is 1.46. The van der Waals surface area contributed by atoms with Crippen molar-refractivity contribution in [2.75, 3.05) is 20.2 Å². The minimum Gasteiger partial charge on any atom is -0.497 e. The molecule has 5 heterocycles. The van der Waals surface area contributed by atoms with Crippen LogP contribution in [0.4, 0.5) is 0 Å². The van der Waals surface area contributed by atoms with Gasteiger partial charge in [-0.15, -0.1) is 0 Å².